The molecule has 0 unspecified atom stereocenters. The summed E-state index contributed by atoms with van der Waals surface area (Å²) >= 11 is 0. The van der Waals surface area contributed by atoms with E-state index in [2.05, 4.69) is 37.1 Å². The van der Waals surface area contributed by atoms with E-state index in [0.29, 0.717) is 23.2 Å². The second-order valence-corrected chi connectivity index (χ2v) is 7.59. The van der Waals surface area contributed by atoms with Crippen LogP contribution in [0.3, 0.4) is 0 Å². The van der Waals surface area contributed by atoms with Crippen molar-refractivity contribution in [2.75, 3.05) is 0 Å². The molecule has 0 N–H and O–H groups in total. The zero-order valence-corrected chi connectivity index (χ0v) is 19.3. The summed E-state index contributed by atoms with van der Waals surface area (Å²) in [5.41, 5.74) is 4.69. The van der Waals surface area contributed by atoms with Crippen LogP contribution >= 0.6 is 0 Å². The first-order valence-electron chi connectivity index (χ1n) is 11.3. The Morgan fingerprint density at radius 1 is 0.333 bits per heavy atom. The Bertz CT molecular complexity index is 1410. The molecule has 172 valence electrons. The third kappa shape index (κ3) is 5.66. The highest BCUT2D eigenvalue weighted by Crippen LogP contribution is 2.26. The number of hydrogen-bond acceptors (Lipinski definition) is 7. The van der Waals surface area contributed by atoms with Crippen molar-refractivity contribution < 1.29 is 0 Å². The molecule has 6 aromatic rings. The molecule has 0 saturated carbocycles. The first-order chi connectivity index (χ1) is 17.9. The minimum absolute atomic E-state index is 0.533. The molecular weight excluding hydrogens is 446 g/mol. The van der Waals surface area contributed by atoms with Gasteiger partial charge in [0.25, 0.3) is 0 Å². The van der Waals surface area contributed by atoms with Crippen LogP contribution in [0, 0.1) is 0 Å². The topological polar surface area (TPSA) is 90.2 Å². The van der Waals surface area contributed by atoms with E-state index >= 15 is 0 Å². The fraction of sp³-hybridized carbons (Fsp3) is 0. The second-order valence-electron chi connectivity index (χ2n) is 7.59. The molecule has 5 aromatic heterocycles. The van der Waals surface area contributed by atoms with Crippen LogP contribution in [0.15, 0.2) is 128 Å². The van der Waals surface area contributed by atoms with Gasteiger partial charge in [0.05, 0.1) is 0 Å². The zero-order valence-electron chi connectivity index (χ0n) is 19.3. The van der Waals surface area contributed by atoms with E-state index in [0.717, 1.165) is 22.3 Å². The first kappa shape index (κ1) is 22.6. The van der Waals surface area contributed by atoms with Crippen LogP contribution in [0.4, 0.5) is 0 Å². The summed E-state index contributed by atoms with van der Waals surface area (Å²) in [5.74, 6) is 1.71. The van der Waals surface area contributed by atoms with Crippen molar-refractivity contribution >= 4 is 0 Å². The van der Waals surface area contributed by atoms with Gasteiger partial charge in [0.15, 0.2) is 17.5 Å². The first-order valence-corrected chi connectivity index (χ1v) is 11.3. The van der Waals surface area contributed by atoms with Crippen molar-refractivity contribution in [2.45, 2.75) is 0 Å². The van der Waals surface area contributed by atoms with E-state index in [4.69, 9.17) is 9.97 Å². The molecule has 0 fully saturated rings. The minimum Gasteiger partial charge on any atom is -0.265 e. The average molecular weight is 468 g/mol. The average Bonchev–Trinajstić information content (AvgIpc) is 2.99. The van der Waals surface area contributed by atoms with Gasteiger partial charge in [-0.3, -0.25) is 19.9 Å². The van der Waals surface area contributed by atoms with Crippen LogP contribution in [0.1, 0.15) is 0 Å². The van der Waals surface area contributed by atoms with Crippen LogP contribution in [0.5, 0.6) is 0 Å². The molecule has 0 saturated heterocycles. The number of rotatable bonds is 4. The molecular formula is C29H21N7. The van der Waals surface area contributed by atoms with Crippen molar-refractivity contribution in [3.8, 4) is 45.4 Å². The summed E-state index contributed by atoms with van der Waals surface area (Å²) in [6.07, 6.45) is 12.3. The maximum atomic E-state index is 4.71. The zero-order chi connectivity index (χ0) is 24.4. The lowest BCUT2D eigenvalue weighted by molar-refractivity contribution is 1.06. The van der Waals surface area contributed by atoms with Crippen molar-refractivity contribution in [2.24, 2.45) is 0 Å². The Hall–Kier alpha value is -5.17. The molecule has 7 heteroatoms. The minimum atomic E-state index is 0.533. The van der Waals surface area contributed by atoms with Gasteiger partial charge in [-0.15, -0.1) is 0 Å². The molecule has 0 spiro atoms. The third-order valence-corrected chi connectivity index (χ3v) is 5.19. The maximum absolute atomic E-state index is 4.71. The molecule has 0 aliphatic carbocycles. The molecule has 7 nitrogen and oxygen atoms in total. The van der Waals surface area contributed by atoms with Crippen LogP contribution < -0.4 is 0 Å². The smallest absolute Gasteiger partial charge is 0.182 e. The van der Waals surface area contributed by atoms with Crippen LogP contribution in [-0.4, -0.2) is 34.9 Å². The molecule has 36 heavy (non-hydrogen) atoms. The summed E-state index contributed by atoms with van der Waals surface area (Å²) in [6, 6.07) is 27.3. The van der Waals surface area contributed by atoms with E-state index < -0.39 is 0 Å². The molecule has 0 aliphatic rings. The van der Waals surface area contributed by atoms with Gasteiger partial charge in [-0.25, -0.2) is 15.0 Å². The quantitative estimate of drug-likeness (QED) is 0.323. The van der Waals surface area contributed by atoms with Gasteiger partial charge in [-0.2, -0.15) is 0 Å². The fourth-order valence-corrected chi connectivity index (χ4v) is 3.41. The highest BCUT2D eigenvalue weighted by Gasteiger charge is 2.12. The summed E-state index contributed by atoms with van der Waals surface area (Å²) in [7, 11) is 0. The van der Waals surface area contributed by atoms with Crippen LogP contribution in [0.2, 0.25) is 0 Å². The predicted octanol–water partition coefficient (Wildman–Crippen LogP) is 5.81. The monoisotopic (exact) mass is 467 g/mol. The van der Waals surface area contributed by atoms with Gasteiger partial charge in [-0.05, 0) is 59.7 Å². The van der Waals surface area contributed by atoms with Crippen molar-refractivity contribution in [3.63, 3.8) is 0 Å². The van der Waals surface area contributed by atoms with Gasteiger partial charge in [-0.1, -0.05) is 36.4 Å². The summed E-state index contributed by atoms with van der Waals surface area (Å²) in [6.45, 7) is 0. The van der Waals surface area contributed by atoms with Gasteiger partial charge < -0.3 is 0 Å². The van der Waals surface area contributed by atoms with Crippen molar-refractivity contribution in [3.05, 3.63) is 128 Å². The number of aromatic nitrogens is 7. The number of benzene rings is 1. The Balaban J connectivity index is 0.000000391. The van der Waals surface area contributed by atoms with E-state index in [1.165, 1.54) is 0 Å². The maximum Gasteiger partial charge on any atom is 0.182 e. The fourth-order valence-electron chi connectivity index (χ4n) is 3.41. The van der Waals surface area contributed by atoms with E-state index in [9.17, 15) is 0 Å². The van der Waals surface area contributed by atoms with Gasteiger partial charge in [0.1, 0.15) is 5.69 Å². The van der Waals surface area contributed by atoms with Gasteiger partial charge >= 0.3 is 0 Å². The predicted molar refractivity (Wildman–Crippen MR) is 139 cm³/mol. The second kappa shape index (κ2) is 11.3. The summed E-state index contributed by atoms with van der Waals surface area (Å²) in [5, 5.41) is 0. The Labute approximate surface area is 208 Å². The standard InChI is InChI=1S/C24H16N6.C5H5N/c1-2-12-27-21(3-1)24-29-22(28-23(30-24)20-10-15-26-16-11-20)19-6-4-17(5-7-19)18-8-13-25-14-9-18;1-2-4-6-5-3-1/h1-16H;1-5H. The lowest BCUT2D eigenvalue weighted by Gasteiger charge is -2.08. The SMILES string of the molecule is c1ccc(-c2nc(-c3ccncc3)nc(-c3ccc(-c4ccncc4)cc3)n2)nc1.c1ccncc1. The van der Waals surface area contributed by atoms with Crippen molar-refractivity contribution in [1.29, 1.82) is 0 Å². The van der Waals surface area contributed by atoms with Crippen molar-refractivity contribution in [1.82, 2.24) is 34.9 Å². The molecule has 0 atom stereocenters. The normalized spacial score (nSPS) is 10.2. The summed E-state index contributed by atoms with van der Waals surface area (Å²) in [4.78, 5) is 30.4. The highest BCUT2D eigenvalue weighted by molar-refractivity contribution is 5.69. The Morgan fingerprint density at radius 3 is 1.33 bits per heavy atom. The van der Waals surface area contributed by atoms with Gasteiger partial charge in [0, 0.05) is 54.5 Å². The van der Waals surface area contributed by atoms with E-state index in [-0.39, 0.29) is 0 Å². The lowest BCUT2D eigenvalue weighted by atomic mass is 10.0. The Kier molecular flexibility index (Phi) is 7.10. The highest BCUT2D eigenvalue weighted by atomic mass is 15.0. The molecule has 5 heterocycles. The molecule has 6 rings (SSSR count). The molecule has 0 aliphatic heterocycles. The number of hydrogen-bond donors (Lipinski definition) is 0. The number of pyridine rings is 4. The molecule has 1 aromatic carbocycles. The number of nitrogens with zero attached hydrogens (tertiary/aromatic N) is 7. The summed E-state index contributed by atoms with van der Waals surface area (Å²) < 4.78 is 0. The largest absolute Gasteiger partial charge is 0.265 e. The van der Waals surface area contributed by atoms with E-state index in [1.807, 2.05) is 72.8 Å². The van der Waals surface area contributed by atoms with Crippen LogP contribution in [0.25, 0.3) is 45.4 Å². The van der Waals surface area contributed by atoms with Gasteiger partial charge in [0.2, 0.25) is 0 Å². The van der Waals surface area contributed by atoms with Crippen LogP contribution in [-0.2, 0) is 0 Å². The molecule has 0 radical (unpaired) electrons. The molecule has 0 bridgehead atoms. The Morgan fingerprint density at radius 2 is 0.806 bits per heavy atom. The third-order valence-electron chi connectivity index (χ3n) is 5.19. The lowest BCUT2D eigenvalue weighted by Crippen LogP contribution is -2.01. The van der Waals surface area contributed by atoms with E-state index in [1.54, 1.807) is 43.4 Å². The molecule has 0 amide bonds.